The minimum absolute atomic E-state index is 0.274. The maximum atomic E-state index is 12.8. The highest BCUT2D eigenvalue weighted by molar-refractivity contribution is 9.10. The molecule has 0 spiro atoms. The molecule has 1 aliphatic heterocycles. The van der Waals surface area contributed by atoms with E-state index in [4.69, 9.17) is 0 Å². The largest absolute Gasteiger partial charge is 0.318 e. The average molecular weight is 453 g/mol. The monoisotopic (exact) mass is 452 g/mol. The number of imide groups is 1. The van der Waals surface area contributed by atoms with Crippen molar-refractivity contribution in [3.63, 3.8) is 0 Å². The van der Waals surface area contributed by atoms with E-state index in [9.17, 15) is 9.59 Å². The molecule has 4 rings (SSSR count). The Morgan fingerprint density at radius 1 is 0.929 bits per heavy atom. The van der Waals surface area contributed by atoms with Crippen LogP contribution in [0.3, 0.4) is 0 Å². The maximum absolute atomic E-state index is 12.8. The van der Waals surface area contributed by atoms with Crippen molar-refractivity contribution in [2.24, 2.45) is 0 Å². The Morgan fingerprint density at radius 3 is 2.29 bits per heavy atom. The Hall–Kier alpha value is -2.57. The molecule has 1 aliphatic rings. The van der Waals surface area contributed by atoms with Crippen LogP contribution in [0.5, 0.6) is 0 Å². The molecule has 0 aliphatic carbocycles. The summed E-state index contributed by atoms with van der Waals surface area (Å²) >= 11 is 4.44. The molecule has 0 N–H and O–H groups in total. The van der Waals surface area contributed by atoms with Crippen LogP contribution in [-0.4, -0.2) is 15.7 Å². The normalized spacial score (nSPS) is 15.7. The van der Waals surface area contributed by atoms with Crippen molar-refractivity contribution in [2.45, 2.75) is 13.8 Å². The zero-order valence-corrected chi connectivity index (χ0v) is 17.8. The van der Waals surface area contributed by atoms with Crippen LogP contribution >= 0.6 is 27.7 Å². The third kappa shape index (κ3) is 3.34. The number of amides is 2. The van der Waals surface area contributed by atoms with Crippen LogP contribution in [0.15, 0.2) is 70.0 Å². The van der Waals surface area contributed by atoms with Crippen LogP contribution in [0.4, 0.5) is 10.5 Å². The van der Waals surface area contributed by atoms with E-state index in [1.165, 1.54) is 4.90 Å². The minimum Gasteiger partial charge on any atom is -0.318 e. The summed E-state index contributed by atoms with van der Waals surface area (Å²) in [5.74, 6) is -0.283. The van der Waals surface area contributed by atoms with E-state index >= 15 is 0 Å². The fourth-order valence-corrected chi connectivity index (χ4v) is 4.43. The topological polar surface area (TPSA) is 42.3 Å². The number of hydrogen-bond acceptors (Lipinski definition) is 3. The van der Waals surface area contributed by atoms with Crippen molar-refractivity contribution < 1.29 is 9.59 Å². The Labute approximate surface area is 176 Å². The van der Waals surface area contributed by atoms with E-state index in [0.29, 0.717) is 10.6 Å². The van der Waals surface area contributed by atoms with E-state index in [1.807, 2.05) is 68.5 Å². The lowest BCUT2D eigenvalue weighted by Gasteiger charge is -2.11. The molecule has 4 nitrogen and oxygen atoms in total. The molecule has 140 valence electrons. The number of aryl methyl sites for hydroxylation is 1. The van der Waals surface area contributed by atoms with Crippen LogP contribution < -0.4 is 4.90 Å². The highest BCUT2D eigenvalue weighted by atomic mass is 79.9. The summed E-state index contributed by atoms with van der Waals surface area (Å²) in [6.07, 6.45) is 1.81. The second-order valence-electron chi connectivity index (χ2n) is 6.49. The number of para-hydroxylation sites is 1. The number of nitrogens with zero attached hydrogens (tertiary/aromatic N) is 2. The van der Waals surface area contributed by atoms with Crippen molar-refractivity contribution in [1.82, 2.24) is 4.57 Å². The zero-order chi connectivity index (χ0) is 19.8. The quantitative estimate of drug-likeness (QED) is 0.451. The summed E-state index contributed by atoms with van der Waals surface area (Å²) in [5.41, 5.74) is 4.66. The van der Waals surface area contributed by atoms with Crippen LogP contribution in [0, 0.1) is 13.8 Å². The summed E-state index contributed by atoms with van der Waals surface area (Å²) in [7, 11) is 0. The second-order valence-corrected chi connectivity index (χ2v) is 8.40. The van der Waals surface area contributed by atoms with Crippen LogP contribution in [0.1, 0.15) is 17.0 Å². The molecule has 28 heavy (non-hydrogen) atoms. The zero-order valence-electron chi connectivity index (χ0n) is 15.3. The number of aromatic nitrogens is 1. The van der Waals surface area contributed by atoms with Crippen molar-refractivity contribution >= 4 is 50.6 Å². The third-order valence-electron chi connectivity index (χ3n) is 4.65. The Balaban J connectivity index is 1.70. The molecule has 2 heterocycles. The maximum Gasteiger partial charge on any atom is 0.298 e. The lowest BCUT2D eigenvalue weighted by atomic mass is 10.2. The Morgan fingerprint density at radius 2 is 1.61 bits per heavy atom. The van der Waals surface area contributed by atoms with Gasteiger partial charge in [-0.1, -0.05) is 34.1 Å². The van der Waals surface area contributed by atoms with E-state index in [-0.39, 0.29) is 11.1 Å². The van der Waals surface area contributed by atoms with Gasteiger partial charge >= 0.3 is 0 Å². The third-order valence-corrected chi connectivity index (χ3v) is 6.05. The molecule has 0 unspecified atom stereocenters. The number of halogens is 1. The van der Waals surface area contributed by atoms with E-state index in [1.54, 1.807) is 12.1 Å². The van der Waals surface area contributed by atoms with Gasteiger partial charge in [0.2, 0.25) is 0 Å². The fraction of sp³-hybridized carbons (Fsp3) is 0.0909. The van der Waals surface area contributed by atoms with Crippen LogP contribution in [0.2, 0.25) is 0 Å². The molecule has 2 amide bonds. The highest BCUT2D eigenvalue weighted by Gasteiger charge is 2.36. The number of benzene rings is 2. The fourth-order valence-electron chi connectivity index (χ4n) is 3.33. The predicted molar refractivity (Wildman–Crippen MR) is 118 cm³/mol. The first-order chi connectivity index (χ1) is 13.5. The summed E-state index contributed by atoms with van der Waals surface area (Å²) in [6, 6.07) is 19.1. The van der Waals surface area contributed by atoms with Crippen molar-refractivity contribution in [3.8, 4) is 5.69 Å². The molecule has 1 aromatic heterocycles. The van der Waals surface area contributed by atoms with Gasteiger partial charge in [-0.25, -0.2) is 4.90 Å². The van der Waals surface area contributed by atoms with Gasteiger partial charge in [0.1, 0.15) is 0 Å². The molecule has 0 radical (unpaired) electrons. The number of carbonyl (C=O) groups excluding carboxylic acids is 2. The molecule has 0 atom stereocenters. The lowest BCUT2D eigenvalue weighted by Crippen LogP contribution is -2.27. The van der Waals surface area contributed by atoms with Gasteiger partial charge in [0.25, 0.3) is 11.1 Å². The minimum atomic E-state index is -0.283. The SMILES string of the molecule is Cc1cc(/C=C2/SC(=O)N(c3ccccc3)C2=O)c(C)n1-c1ccc(Br)cc1. The van der Waals surface area contributed by atoms with E-state index in [0.717, 1.165) is 38.9 Å². The molecule has 0 bridgehead atoms. The number of carbonyl (C=O) groups is 2. The molecule has 3 aromatic rings. The lowest BCUT2D eigenvalue weighted by molar-refractivity contribution is -0.113. The number of rotatable bonds is 3. The van der Waals surface area contributed by atoms with Gasteiger partial charge in [-0.15, -0.1) is 0 Å². The molecular weight excluding hydrogens is 436 g/mol. The Bertz CT molecular complexity index is 1100. The second kappa shape index (κ2) is 7.45. The van der Waals surface area contributed by atoms with Gasteiger partial charge < -0.3 is 4.57 Å². The van der Waals surface area contributed by atoms with Crippen LogP contribution in [0.25, 0.3) is 11.8 Å². The average Bonchev–Trinajstić information content (AvgIpc) is 3.12. The predicted octanol–water partition coefficient (Wildman–Crippen LogP) is 6.10. The van der Waals surface area contributed by atoms with Gasteiger partial charge in [-0.3, -0.25) is 9.59 Å². The van der Waals surface area contributed by atoms with Gasteiger partial charge in [-0.05, 0) is 79.7 Å². The highest BCUT2D eigenvalue weighted by Crippen LogP contribution is 2.36. The number of hydrogen-bond donors (Lipinski definition) is 0. The molecule has 0 saturated carbocycles. The molecule has 2 aromatic carbocycles. The van der Waals surface area contributed by atoms with Crippen molar-refractivity contribution in [1.29, 1.82) is 0 Å². The first-order valence-corrected chi connectivity index (χ1v) is 10.3. The van der Waals surface area contributed by atoms with E-state index < -0.39 is 0 Å². The summed E-state index contributed by atoms with van der Waals surface area (Å²) in [5, 5.41) is -0.274. The van der Waals surface area contributed by atoms with Gasteiger partial charge in [-0.2, -0.15) is 0 Å². The van der Waals surface area contributed by atoms with Gasteiger partial charge in [0, 0.05) is 21.5 Å². The standard InChI is InChI=1S/C22H17BrN2O2S/c1-14-12-16(15(2)24(14)19-10-8-17(23)9-11-19)13-20-21(26)25(22(27)28-20)18-6-4-3-5-7-18/h3-13H,1-2H3/b20-13+. The van der Waals surface area contributed by atoms with Crippen molar-refractivity contribution in [2.75, 3.05) is 4.90 Å². The summed E-state index contributed by atoms with van der Waals surface area (Å²) < 4.78 is 3.16. The smallest absolute Gasteiger partial charge is 0.298 e. The first kappa shape index (κ1) is 18.8. The first-order valence-electron chi connectivity index (χ1n) is 8.73. The summed E-state index contributed by atoms with van der Waals surface area (Å²) in [4.78, 5) is 26.9. The van der Waals surface area contributed by atoms with Crippen LogP contribution in [-0.2, 0) is 4.79 Å². The van der Waals surface area contributed by atoms with E-state index in [2.05, 4.69) is 20.5 Å². The number of thioether (sulfide) groups is 1. The van der Waals surface area contributed by atoms with Gasteiger partial charge in [0.15, 0.2) is 0 Å². The summed E-state index contributed by atoms with van der Waals surface area (Å²) in [6.45, 7) is 4.05. The number of anilines is 1. The Kier molecular flexibility index (Phi) is 5.00. The molecule has 1 saturated heterocycles. The van der Waals surface area contributed by atoms with Crippen molar-refractivity contribution in [3.05, 3.63) is 87.0 Å². The molecule has 1 fully saturated rings. The van der Waals surface area contributed by atoms with Gasteiger partial charge in [0.05, 0.1) is 10.6 Å². The molecule has 6 heteroatoms. The molecular formula is C22H17BrN2O2S.